The molecule has 46 heavy (non-hydrogen) atoms. The van der Waals surface area contributed by atoms with Crippen LogP contribution in [0, 0.1) is 23.7 Å². The van der Waals surface area contributed by atoms with Crippen molar-refractivity contribution in [3.8, 4) is 0 Å². The highest BCUT2D eigenvalue weighted by Crippen LogP contribution is 2.40. The maximum Gasteiger partial charge on any atom is 0.337 e. The zero-order chi connectivity index (χ0) is 31.8. The number of aromatic nitrogens is 2. The summed E-state index contributed by atoms with van der Waals surface area (Å²) in [6.45, 7) is 3.61. The van der Waals surface area contributed by atoms with Gasteiger partial charge in [0, 0.05) is 66.7 Å². The van der Waals surface area contributed by atoms with E-state index in [0.717, 1.165) is 80.8 Å². The van der Waals surface area contributed by atoms with Gasteiger partial charge in [-0.15, -0.1) is 0 Å². The number of methoxy groups -OCH3 is 1. The van der Waals surface area contributed by atoms with E-state index in [-0.39, 0.29) is 5.97 Å². The van der Waals surface area contributed by atoms with Crippen LogP contribution in [0.15, 0.2) is 36.4 Å². The van der Waals surface area contributed by atoms with E-state index in [0.29, 0.717) is 17.0 Å². The number of aromatic carboxylic acids is 1. The van der Waals surface area contributed by atoms with Crippen LogP contribution in [0.3, 0.4) is 0 Å². The number of carbonyl (C=O) groups is 2. The second-order valence-corrected chi connectivity index (χ2v) is 13.8. The summed E-state index contributed by atoms with van der Waals surface area (Å²) in [6.07, 6.45) is 11.6. The molecule has 2 unspecified atom stereocenters. The third kappa shape index (κ3) is 5.97. The van der Waals surface area contributed by atoms with Crippen molar-refractivity contribution in [2.24, 2.45) is 30.7 Å². The standard InChI is InChI=1S/C20H25NO3.C18H21NO3/c1-21-18-5-3-14(13-7-9-24-10-8-13)11-16(18)17-12-15(20(22)23-2)4-6-19(17)21;20-18(21)13-2-4-17-15(10-13)14-9-12(1-3-16(14)19-17)11-5-7-22-8-6-11/h4,6,12-14H,3,5,7-11H2,1-2H3;2,4,10-12,19H,1,3,5-9H2,(H,20,21). The molecule has 2 aromatic heterocycles. The van der Waals surface area contributed by atoms with Crippen LogP contribution in [0.5, 0.6) is 0 Å². The monoisotopic (exact) mass is 626 g/mol. The maximum absolute atomic E-state index is 11.9. The fraction of sp³-hybridized carbons (Fsp3) is 0.526. The Kier molecular flexibility index (Phi) is 8.93. The first-order valence-electron chi connectivity index (χ1n) is 17.1. The predicted octanol–water partition coefficient (Wildman–Crippen LogP) is 6.89. The van der Waals surface area contributed by atoms with E-state index in [2.05, 4.69) is 22.7 Å². The summed E-state index contributed by atoms with van der Waals surface area (Å²) >= 11 is 0. The highest BCUT2D eigenvalue weighted by molar-refractivity contribution is 5.97. The lowest BCUT2D eigenvalue weighted by molar-refractivity contribution is 0.0438. The average Bonchev–Trinajstić information content (AvgIpc) is 3.62. The number of benzene rings is 2. The first-order chi connectivity index (χ1) is 22.4. The number of rotatable bonds is 4. The van der Waals surface area contributed by atoms with Gasteiger partial charge in [0.2, 0.25) is 0 Å². The van der Waals surface area contributed by atoms with Crippen molar-refractivity contribution in [1.29, 1.82) is 0 Å². The van der Waals surface area contributed by atoms with Crippen LogP contribution in [-0.2, 0) is 46.9 Å². The lowest BCUT2D eigenvalue weighted by Gasteiger charge is -2.33. The molecule has 2 N–H and O–H groups in total. The zero-order valence-electron chi connectivity index (χ0n) is 27.1. The number of carboxylic acid groups (broad SMARTS) is 1. The Labute approximate surface area is 270 Å². The summed E-state index contributed by atoms with van der Waals surface area (Å²) in [5.74, 6) is 1.89. The van der Waals surface area contributed by atoms with Gasteiger partial charge in [0.05, 0.1) is 18.2 Å². The molecule has 0 amide bonds. The van der Waals surface area contributed by atoms with Crippen LogP contribution in [0.1, 0.15) is 81.8 Å². The largest absolute Gasteiger partial charge is 0.478 e. The van der Waals surface area contributed by atoms with Gasteiger partial charge in [-0.3, -0.25) is 0 Å². The van der Waals surface area contributed by atoms with Gasteiger partial charge in [-0.05, 0) is 135 Å². The SMILES string of the molecule is COC(=O)c1ccc2c(c1)c1c(n2C)CCC(C2CCOCC2)C1.O=C(O)c1ccc2[nH]c3c(c2c1)CC(C1CCOCC1)CC3. The van der Waals surface area contributed by atoms with E-state index >= 15 is 0 Å². The minimum atomic E-state index is -0.853. The minimum Gasteiger partial charge on any atom is -0.478 e. The van der Waals surface area contributed by atoms with Gasteiger partial charge in [0.1, 0.15) is 0 Å². The highest BCUT2D eigenvalue weighted by atomic mass is 16.5. The minimum absolute atomic E-state index is 0.258. The number of hydrogen-bond acceptors (Lipinski definition) is 5. The van der Waals surface area contributed by atoms with Crippen molar-refractivity contribution < 1.29 is 28.9 Å². The number of ether oxygens (including phenoxy) is 3. The van der Waals surface area contributed by atoms with Gasteiger partial charge in [-0.25, -0.2) is 9.59 Å². The molecule has 2 aliphatic carbocycles. The average molecular weight is 627 g/mol. The van der Waals surface area contributed by atoms with Gasteiger partial charge >= 0.3 is 11.9 Å². The molecule has 2 aliphatic heterocycles. The van der Waals surface area contributed by atoms with E-state index in [1.54, 1.807) is 6.07 Å². The van der Waals surface area contributed by atoms with E-state index in [9.17, 15) is 14.7 Å². The number of aromatic amines is 1. The molecule has 0 spiro atoms. The van der Waals surface area contributed by atoms with Crippen molar-refractivity contribution in [3.05, 3.63) is 70.0 Å². The summed E-state index contributed by atoms with van der Waals surface area (Å²) in [6, 6.07) is 11.4. The Morgan fingerprint density at radius 3 is 2.04 bits per heavy atom. The van der Waals surface area contributed by atoms with Crippen molar-refractivity contribution in [2.45, 2.75) is 64.2 Å². The number of nitrogens with zero attached hydrogens (tertiary/aromatic N) is 1. The van der Waals surface area contributed by atoms with Crippen molar-refractivity contribution >= 4 is 33.7 Å². The Morgan fingerprint density at radius 1 is 0.783 bits per heavy atom. The number of carbonyl (C=O) groups excluding carboxylic acids is 1. The van der Waals surface area contributed by atoms with E-state index in [1.165, 1.54) is 79.1 Å². The van der Waals surface area contributed by atoms with Crippen LogP contribution < -0.4 is 0 Å². The number of H-pyrrole nitrogens is 1. The molecule has 0 radical (unpaired) electrons. The second kappa shape index (κ2) is 13.2. The van der Waals surface area contributed by atoms with Gasteiger partial charge < -0.3 is 28.9 Å². The molecule has 2 aromatic carbocycles. The summed E-state index contributed by atoms with van der Waals surface area (Å²) < 4.78 is 18.2. The maximum atomic E-state index is 11.9. The molecule has 0 saturated carbocycles. The molecule has 4 aromatic rings. The van der Waals surface area contributed by atoms with Crippen LogP contribution in [0.25, 0.3) is 21.8 Å². The lowest BCUT2D eigenvalue weighted by Crippen LogP contribution is -2.28. The quantitative estimate of drug-likeness (QED) is 0.239. The molecular weight excluding hydrogens is 580 g/mol. The number of esters is 1. The highest BCUT2D eigenvalue weighted by Gasteiger charge is 2.32. The molecular formula is C38H46N2O6. The lowest BCUT2D eigenvalue weighted by atomic mass is 9.75. The Hall–Kier alpha value is -3.62. The van der Waals surface area contributed by atoms with E-state index < -0.39 is 5.97 Å². The third-order valence-electron chi connectivity index (χ3n) is 11.4. The van der Waals surface area contributed by atoms with Crippen LogP contribution in [0.4, 0.5) is 0 Å². The topological polar surface area (TPSA) is 103 Å². The fourth-order valence-corrected chi connectivity index (χ4v) is 8.81. The van der Waals surface area contributed by atoms with Crippen LogP contribution in [-0.4, -0.2) is 60.1 Å². The normalized spacial score (nSPS) is 22.1. The number of aryl methyl sites for hydroxylation is 2. The molecule has 4 heterocycles. The Bertz CT molecular complexity index is 1740. The van der Waals surface area contributed by atoms with Crippen LogP contribution in [0.2, 0.25) is 0 Å². The Balaban J connectivity index is 0.000000147. The van der Waals surface area contributed by atoms with Gasteiger partial charge in [0.25, 0.3) is 0 Å². The zero-order valence-corrected chi connectivity index (χ0v) is 27.1. The predicted molar refractivity (Wildman–Crippen MR) is 178 cm³/mol. The molecule has 8 heteroatoms. The van der Waals surface area contributed by atoms with Gasteiger partial charge in [-0.2, -0.15) is 0 Å². The molecule has 2 fully saturated rings. The number of fused-ring (bicyclic) bond motifs is 6. The van der Waals surface area contributed by atoms with Crippen molar-refractivity contribution in [1.82, 2.24) is 9.55 Å². The summed E-state index contributed by atoms with van der Waals surface area (Å²) in [5, 5.41) is 11.5. The first kappa shape index (κ1) is 31.0. The van der Waals surface area contributed by atoms with Crippen LogP contribution >= 0.6 is 0 Å². The number of nitrogens with one attached hydrogen (secondary N) is 1. The second-order valence-electron chi connectivity index (χ2n) is 13.8. The number of carboxylic acids is 1. The van der Waals surface area contributed by atoms with Crippen molar-refractivity contribution in [2.75, 3.05) is 33.5 Å². The molecule has 244 valence electrons. The summed E-state index contributed by atoms with van der Waals surface area (Å²) in [7, 11) is 3.59. The summed E-state index contributed by atoms with van der Waals surface area (Å²) in [5.41, 5.74) is 8.86. The fourth-order valence-electron chi connectivity index (χ4n) is 8.81. The third-order valence-corrected chi connectivity index (χ3v) is 11.4. The molecule has 4 aliphatic rings. The molecule has 8 rings (SSSR count). The molecule has 8 nitrogen and oxygen atoms in total. The van der Waals surface area contributed by atoms with Gasteiger partial charge in [0.15, 0.2) is 0 Å². The first-order valence-corrected chi connectivity index (χ1v) is 17.1. The molecule has 2 saturated heterocycles. The smallest absolute Gasteiger partial charge is 0.337 e. The van der Waals surface area contributed by atoms with Crippen molar-refractivity contribution in [3.63, 3.8) is 0 Å². The van der Waals surface area contributed by atoms with E-state index in [4.69, 9.17) is 14.2 Å². The molecule has 0 bridgehead atoms. The molecule has 2 atom stereocenters. The number of hydrogen-bond donors (Lipinski definition) is 2. The summed E-state index contributed by atoms with van der Waals surface area (Å²) in [4.78, 5) is 26.6. The Morgan fingerprint density at radius 2 is 1.39 bits per heavy atom. The van der Waals surface area contributed by atoms with Gasteiger partial charge in [-0.1, -0.05) is 0 Å². The van der Waals surface area contributed by atoms with E-state index in [1.807, 2.05) is 24.3 Å².